The van der Waals surface area contributed by atoms with Crippen LogP contribution in [0.4, 0.5) is 5.13 Å². The summed E-state index contributed by atoms with van der Waals surface area (Å²) in [6.07, 6.45) is 0. The normalized spacial score (nSPS) is 10.3. The highest BCUT2D eigenvalue weighted by Crippen LogP contribution is 2.30. The Morgan fingerprint density at radius 2 is 2.19 bits per heavy atom. The number of hydrogen-bond donors (Lipinski definition) is 0. The van der Waals surface area contributed by atoms with Crippen LogP contribution in [0.2, 0.25) is 5.15 Å². The molecule has 7 heteroatoms. The molecule has 2 aromatic rings. The number of carbonyl (C=O) groups excluding carboxylic acids is 1. The molecule has 0 saturated carbocycles. The summed E-state index contributed by atoms with van der Waals surface area (Å²) in [6.45, 7) is 0.627. The Morgan fingerprint density at radius 3 is 2.86 bits per heavy atom. The van der Waals surface area contributed by atoms with E-state index in [4.69, 9.17) is 16.3 Å². The van der Waals surface area contributed by atoms with E-state index in [2.05, 4.69) is 9.72 Å². The number of nitrogens with zero attached hydrogens (tertiary/aromatic N) is 2. The van der Waals surface area contributed by atoms with Crippen LogP contribution in [0, 0.1) is 0 Å². The Labute approximate surface area is 132 Å². The summed E-state index contributed by atoms with van der Waals surface area (Å²) in [5.74, 6) is 0.326. The molecule has 0 fully saturated rings. The summed E-state index contributed by atoms with van der Waals surface area (Å²) in [6, 6.07) is 7.76. The molecule has 0 bridgehead atoms. The second kappa shape index (κ2) is 6.78. The summed E-state index contributed by atoms with van der Waals surface area (Å²) in [5, 5.41) is 0.822. The molecule has 1 aromatic carbocycles. The molecule has 0 aliphatic carbocycles. The molecule has 1 heterocycles. The summed E-state index contributed by atoms with van der Waals surface area (Å²) in [4.78, 5) is 18.0. The van der Waals surface area contributed by atoms with E-state index >= 15 is 0 Å². The Bertz CT molecular complexity index is 645. The number of esters is 1. The van der Waals surface area contributed by atoms with Crippen molar-refractivity contribution in [3.05, 3.63) is 39.9 Å². The first-order valence-corrected chi connectivity index (χ1v) is 7.33. The zero-order chi connectivity index (χ0) is 15.4. The van der Waals surface area contributed by atoms with Crippen LogP contribution in [0.1, 0.15) is 15.2 Å². The molecule has 2 rings (SSSR count). The fourth-order valence-corrected chi connectivity index (χ4v) is 2.94. The molecule has 0 N–H and O–H groups in total. The first-order chi connectivity index (χ1) is 10.0. The number of aromatic nitrogens is 1. The van der Waals surface area contributed by atoms with E-state index in [0.717, 1.165) is 11.3 Å². The molecule has 112 valence electrons. The quantitative estimate of drug-likeness (QED) is 0.790. The van der Waals surface area contributed by atoms with E-state index in [-0.39, 0.29) is 5.15 Å². The third-order valence-corrected chi connectivity index (χ3v) is 4.36. The van der Waals surface area contributed by atoms with E-state index < -0.39 is 5.97 Å². The number of hydrogen-bond acceptors (Lipinski definition) is 6. The summed E-state index contributed by atoms with van der Waals surface area (Å²) in [7, 11) is 4.83. The highest BCUT2D eigenvalue weighted by molar-refractivity contribution is 7.18. The molecular formula is C14H15ClN2O3S. The van der Waals surface area contributed by atoms with E-state index in [1.165, 1.54) is 18.4 Å². The van der Waals surface area contributed by atoms with Gasteiger partial charge in [0.1, 0.15) is 5.75 Å². The van der Waals surface area contributed by atoms with Crippen molar-refractivity contribution in [2.24, 2.45) is 0 Å². The number of methoxy groups -OCH3 is 2. The van der Waals surface area contributed by atoms with Crippen LogP contribution in [0.25, 0.3) is 0 Å². The first-order valence-electron chi connectivity index (χ1n) is 6.14. The molecular weight excluding hydrogens is 312 g/mol. The highest BCUT2D eigenvalue weighted by atomic mass is 35.5. The van der Waals surface area contributed by atoms with Gasteiger partial charge in [0.15, 0.2) is 15.2 Å². The molecule has 0 atom stereocenters. The highest BCUT2D eigenvalue weighted by Gasteiger charge is 2.19. The number of thiazole rings is 1. The van der Waals surface area contributed by atoms with Gasteiger partial charge in [-0.15, -0.1) is 0 Å². The lowest BCUT2D eigenvalue weighted by Gasteiger charge is -2.16. The number of carbonyl (C=O) groups is 1. The van der Waals surface area contributed by atoms with Gasteiger partial charge in [0.25, 0.3) is 0 Å². The predicted molar refractivity (Wildman–Crippen MR) is 83.6 cm³/mol. The van der Waals surface area contributed by atoms with Gasteiger partial charge in [-0.3, -0.25) is 0 Å². The van der Waals surface area contributed by atoms with Crippen molar-refractivity contribution in [1.29, 1.82) is 0 Å². The fraction of sp³-hybridized carbons (Fsp3) is 0.286. The smallest absolute Gasteiger partial charge is 0.351 e. The monoisotopic (exact) mass is 326 g/mol. The van der Waals surface area contributed by atoms with Gasteiger partial charge in [0.05, 0.1) is 14.2 Å². The zero-order valence-corrected chi connectivity index (χ0v) is 13.5. The summed E-state index contributed by atoms with van der Waals surface area (Å²) in [5.41, 5.74) is 1.07. The van der Waals surface area contributed by atoms with Gasteiger partial charge in [0, 0.05) is 13.6 Å². The fourth-order valence-electron chi connectivity index (χ4n) is 1.79. The van der Waals surface area contributed by atoms with Crippen molar-refractivity contribution < 1.29 is 14.3 Å². The zero-order valence-electron chi connectivity index (χ0n) is 11.9. The number of benzene rings is 1. The molecule has 0 spiro atoms. The van der Waals surface area contributed by atoms with Crippen molar-refractivity contribution in [3.63, 3.8) is 0 Å². The van der Waals surface area contributed by atoms with Crippen LogP contribution in [0.15, 0.2) is 24.3 Å². The molecule has 0 saturated heterocycles. The molecule has 0 radical (unpaired) electrons. The molecule has 1 aromatic heterocycles. The van der Waals surface area contributed by atoms with Crippen molar-refractivity contribution in [3.8, 4) is 5.75 Å². The van der Waals surface area contributed by atoms with Gasteiger partial charge < -0.3 is 14.4 Å². The molecule has 5 nitrogen and oxygen atoms in total. The van der Waals surface area contributed by atoms with Crippen LogP contribution in [0.5, 0.6) is 5.75 Å². The third-order valence-electron chi connectivity index (χ3n) is 2.83. The average Bonchev–Trinajstić information content (AvgIpc) is 2.88. The SMILES string of the molecule is COC(=O)c1sc(N(C)Cc2cccc(OC)c2)nc1Cl. The number of halogens is 1. The van der Waals surface area contributed by atoms with E-state index in [1.54, 1.807) is 7.11 Å². The van der Waals surface area contributed by atoms with Gasteiger partial charge >= 0.3 is 5.97 Å². The van der Waals surface area contributed by atoms with E-state index in [0.29, 0.717) is 16.6 Å². The number of rotatable bonds is 5. The topological polar surface area (TPSA) is 51.7 Å². The van der Waals surface area contributed by atoms with Gasteiger partial charge in [-0.2, -0.15) is 0 Å². The number of ether oxygens (including phenoxy) is 2. The Morgan fingerprint density at radius 1 is 1.43 bits per heavy atom. The standard InChI is InChI=1S/C14H15ClN2O3S/c1-17(8-9-5-4-6-10(7-9)19-2)14-16-12(15)11(21-14)13(18)20-3/h4-7H,8H2,1-3H3. The summed E-state index contributed by atoms with van der Waals surface area (Å²) >= 11 is 7.17. The maximum atomic E-state index is 11.5. The maximum absolute atomic E-state index is 11.5. The molecule has 0 unspecified atom stereocenters. The van der Waals surface area contributed by atoms with E-state index in [1.807, 2.05) is 36.2 Å². The minimum atomic E-state index is -0.474. The average molecular weight is 327 g/mol. The van der Waals surface area contributed by atoms with Gasteiger partial charge in [-0.1, -0.05) is 35.1 Å². The van der Waals surface area contributed by atoms with E-state index in [9.17, 15) is 4.79 Å². The predicted octanol–water partition coefficient (Wildman–Crippen LogP) is 3.23. The second-order valence-electron chi connectivity index (χ2n) is 4.32. The van der Waals surface area contributed by atoms with Crippen molar-refractivity contribution in [2.75, 3.05) is 26.2 Å². The van der Waals surface area contributed by atoms with Crippen LogP contribution in [-0.2, 0) is 11.3 Å². The van der Waals surface area contributed by atoms with Crippen molar-refractivity contribution in [1.82, 2.24) is 4.98 Å². The first kappa shape index (κ1) is 15.6. The van der Waals surface area contributed by atoms with Crippen molar-refractivity contribution >= 4 is 34.0 Å². The minimum absolute atomic E-state index is 0.166. The van der Waals surface area contributed by atoms with Gasteiger partial charge in [-0.25, -0.2) is 9.78 Å². The lowest BCUT2D eigenvalue weighted by atomic mass is 10.2. The number of anilines is 1. The second-order valence-corrected chi connectivity index (χ2v) is 5.65. The summed E-state index contributed by atoms with van der Waals surface area (Å²) < 4.78 is 9.87. The lowest BCUT2D eigenvalue weighted by molar-refractivity contribution is 0.0606. The molecule has 0 aliphatic heterocycles. The van der Waals surface area contributed by atoms with Crippen LogP contribution < -0.4 is 9.64 Å². The van der Waals surface area contributed by atoms with Crippen molar-refractivity contribution in [2.45, 2.75) is 6.54 Å². The molecule has 0 aliphatic rings. The molecule has 21 heavy (non-hydrogen) atoms. The van der Waals surface area contributed by atoms with Crippen LogP contribution >= 0.6 is 22.9 Å². The Balaban J connectivity index is 2.16. The largest absolute Gasteiger partial charge is 0.497 e. The molecule has 0 amide bonds. The minimum Gasteiger partial charge on any atom is -0.497 e. The van der Waals surface area contributed by atoms with Gasteiger partial charge in [-0.05, 0) is 17.7 Å². The van der Waals surface area contributed by atoms with Crippen LogP contribution in [-0.4, -0.2) is 32.2 Å². The third kappa shape index (κ3) is 3.65. The Kier molecular flexibility index (Phi) is 5.03. The lowest BCUT2D eigenvalue weighted by Crippen LogP contribution is -2.15. The maximum Gasteiger partial charge on any atom is 0.351 e. The Hall–Kier alpha value is -1.79. The van der Waals surface area contributed by atoms with Gasteiger partial charge in [0.2, 0.25) is 0 Å². The van der Waals surface area contributed by atoms with Crippen LogP contribution in [0.3, 0.4) is 0 Å².